The zero-order valence-electron chi connectivity index (χ0n) is 14.7. The first kappa shape index (κ1) is 20.2. The van der Waals surface area contributed by atoms with Gasteiger partial charge in [0, 0.05) is 27.0 Å². The van der Waals surface area contributed by atoms with Gasteiger partial charge in [-0.05, 0) is 67.1 Å². The van der Waals surface area contributed by atoms with Crippen LogP contribution in [0.1, 0.15) is 15.9 Å². The summed E-state index contributed by atoms with van der Waals surface area (Å²) in [6.45, 7) is 1.80. The zero-order chi connectivity index (χ0) is 20.3. The second kappa shape index (κ2) is 8.22. The summed E-state index contributed by atoms with van der Waals surface area (Å²) >= 11 is 11.9. The fourth-order valence-corrected chi connectivity index (χ4v) is 3.84. The lowest BCUT2D eigenvalue weighted by Crippen LogP contribution is -2.15. The van der Waals surface area contributed by atoms with E-state index in [4.69, 9.17) is 23.2 Å². The molecular formula is C20H16Cl2N2O3S. The van der Waals surface area contributed by atoms with Crippen molar-refractivity contribution < 1.29 is 13.2 Å². The number of sulfonamides is 1. The largest absolute Gasteiger partial charge is 0.322 e. The fraction of sp³-hybridized carbons (Fsp3) is 0.0500. The van der Waals surface area contributed by atoms with E-state index in [0.717, 1.165) is 5.56 Å². The highest BCUT2D eigenvalue weighted by atomic mass is 35.5. The fourth-order valence-electron chi connectivity index (χ4n) is 2.49. The standard InChI is InChI=1S/C20H16Cl2N2O3S/c1-13-18(22)6-3-7-19(13)23-20(25)14-4-2-5-16(12-14)24-28(26,27)17-10-8-15(21)9-11-17/h2-12,24H,1H3,(H,23,25). The number of rotatable bonds is 5. The summed E-state index contributed by atoms with van der Waals surface area (Å²) in [5.74, 6) is -0.377. The summed E-state index contributed by atoms with van der Waals surface area (Å²) in [5.41, 5.74) is 1.91. The van der Waals surface area contributed by atoms with E-state index in [1.54, 1.807) is 43.3 Å². The van der Waals surface area contributed by atoms with Crippen molar-refractivity contribution in [2.24, 2.45) is 0 Å². The Labute approximate surface area is 173 Å². The highest BCUT2D eigenvalue weighted by molar-refractivity contribution is 7.92. The summed E-state index contributed by atoms with van der Waals surface area (Å²) in [5, 5.41) is 3.76. The SMILES string of the molecule is Cc1c(Cl)cccc1NC(=O)c1cccc(NS(=O)(=O)c2ccc(Cl)cc2)c1. The van der Waals surface area contributed by atoms with Crippen LogP contribution in [0.5, 0.6) is 0 Å². The van der Waals surface area contributed by atoms with E-state index < -0.39 is 10.0 Å². The molecule has 0 saturated carbocycles. The Morgan fingerprint density at radius 3 is 2.32 bits per heavy atom. The van der Waals surface area contributed by atoms with Crippen molar-refractivity contribution in [2.45, 2.75) is 11.8 Å². The minimum atomic E-state index is -3.80. The Hall–Kier alpha value is -2.54. The number of nitrogens with one attached hydrogen (secondary N) is 2. The monoisotopic (exact) mass is 434 g/mol. The molecule has 3 aromatic rings. The van der Waals surface area contributed by atoms with Gasteiger partial charge >= 0.3 is 0 Å². The van der Waals surface area contributed by atoms with Crippen molar-refractivity contribution >= 4 is 50.5 Å². The van der Waals surface area contributed by atoms with Gasteiger partial charge in [0.05, 0.1) is 4.90 Å². The Kier molecular flexibility index (Phi) is 5.93. The summed E-state index contributed by atoms with van der Waals surface area (Å²) in [7, 11) is -3.80. The molecule has 0 saturated heterocycles. The van der Waals surface area contributed by atoms with Crippen molar-refractivity contribution in [3.8, 4) is 0 Å². The highest BCUT2D eigenvalue weighted by Crippen LogP contribution is 2.24. The number of amides is 1. The second-order valence-corrected chi connectivity index (χ2v) is 8.53. The van der Waals surface area contributed by atoms with Gasteiger partial charge in [-0.15, -0.1) is 0 Å². The maximum absolute atomic E-state index is 12.6. The van der Waals surface area contributed by atoms with Crippen LogP contribution in [0.4, 0.5) is 11.4 Å². The Morgan fingerprint density at radius 2 is 1.61 bits per heavy atom. The van der Waals surface area contributed by atoms with Crippen molar-refractivity contribution in [3.63, 3.8) is 0 Å². The molecule has 0 heterocycles. The quantitative estimate of drug-likeness (QED) is 0.567. The molecule has 0 spiro atoms. The van der Waals surface area contributed by atoms with Gasteiger partial charge < -0.3 is 5.32 Å². The molecule has 5 nitrogen and oxygen atoms in total. The minimum Gasteiger partial charge on any atom is -0.322 e. The lowest BCUT2D eigenvalue weighted by atomic mass is 10.1. The number of carbonyl (C=O) groups excluding carboxylic acids is 1. The van der Waals surface area contributed by atoms with Crippen molar-refractivity contribution in [3.05, 3.63) is 87.9 Å². The first-order chi connectivity index (χ1) is 13.3. The summed E-state index contributed by atoms with van der Waals surface area (Å²) in [4.78, 5) is 12.6. The van der Waals surface area contributed by atoms with Gasteiger partial charge in [-0.2, -0.15) is 0 Å². The van der Waals surface area contributed by atoms with Crippen LogP contribution < -0.4 is 10.0 Å². The molecule has 0 fully saturated rings. The molecule has 0 aliphatic heterocycles. The van der Waals surface area contributed by atoms with Crippen molar-refractivity contribution in [1.29, 1.82) is 0 Å². The molecule has 28 heavy (non-hydrogen) atoms. The summed E-state index contributed by atoms with van der Waals surface area (Å²) < 4.78 is 27.5. The molecule has 0 bridgehead atoms. The van der Waals surface area contributed by atoms with Gasteiger partial charge in [-0.25, -0.2) is 8.42 Å². The first-order valence-corrected chi connectivity index (χ1v) is 10.4. The Balaban J connectivity index is 1.81. The molecule has 144 valence electrons. The van der Waals surface area contributed by atoms with Crippen LogP contribution in [0.25, 0.3) is 0 Å². The third-order valence-electron chi connectivity index (χ3n) is 4.02. The number of hydrogen-bond acceptors (Lipinski definition) is 3. The maximum Gasteiger partial charge on any atom is 0.261 e. The number of benzene rings is 3. The zero-order valence-corrected chi connectivity index (χ0v) is 17.1. The molecule has 1 amide bonds. The number of anilines is 2. The maximum atomic E-state index is 12.6. The van der Waals surface area contributed by atoms with Gasteiger partial charge in [-0.1, -0.05) is 35.3 Å². The molecule has 0 unspecified atom stereocenters. The van der Waals surface area contributed by atoms with E-state index in [0.29, 0.717) is 21.3 Å². The van der Waals surface area contributed by atoms with Crippen LogP contribution in [0, 0.1) is 6.92 Å². The third kappa shape index (κ3) is 4.65. The molecule has 0 aromatic heterocycles. The van der Waals surface area contributed by atoms with E-state index in [9.17, 15) is 13.2 Å². The average molecular weight is 435 g/mol. The lowest BCUT2D eigenvalue weighted by Gasteiger charge is -2.11. The van der Waals surface area contributed by atoms with Crippen LogP contribution in [-0.4, -0.2) is 14.3 Å². The summed E-state index contributed by atoms with van der Waals surface area (Å²) in [6, 6.07) is 17.2. The number of carbonyl (C=O) groups is 1. The molecule has 0 atom stereocenters. The third-order valence-corrected chi connectivity index (χ3v) is 6.08. The van der Waals surface area contributed by atoms with Gasteiger partial charge in [0.25, 0.3) is 15.9 Å². The van der Waals surface area contributed by atoms with Gasteiger partial charge in [0.15, 0.2) is 0 Å². The van der Waals surface area contributed by atoms with E-state index in [1.807, 2.05) is 0 Å². The van der Waals surface area contributed by atoms with Crippen LogP contribution in [0.15, 0.2) is 71.6 Å². The van der Waals surface area contributed by atoms with E-state index in [-0.39, 0.29) is 16.5 Å². The van der Waals surface area contributed by atoms with Crippen LogP contribution in [-0.2, 0) is 10.0 Å². The molecule has 0 aliphatic rings. The molecule has 2 N–H and O–H groups in total. The number of halogens is 2. The number of hydrogen-bond donors (Lipinski definition) is 2. The Morgan fingerprint density at radius 1 is 0.929 bits per heavy atom. The first-order valence-electron chi connectivity index (χ1n) is 8.21. The summed E-state index contributed by atoms with van der Waals surface area (Å²) in [6.07, 6.45) is 0. The van der Waals surface area contributed by atoms with Crippen molar-refractivity contribution in [2.75, 3.05) is 10.0 Å². The van der Waals surface area contributed by atoms with E-state index in [1.165, 1.54) is 30.3 Å². The van der Waals surface area contributed by atoms with Gasteiger partial charge in [-0.3, -0.25) is 9.52 Å². The van der Waals surface area contributed by atoms with Crippen molar-refractivity contribution in [1.82, 2.24) is 0 Å². The average Bonchev–Trinajstić information content (AvgIpc) is 2.65. The normalized spacial score (nSPS) is 11.1. The van der Waals surface area contributed by atoms with E-state index >= 15 is 0 Å². The van der Waals surface area contributed by atoms with Gasteiger partial charge in [0.2, 0.25) is 0 Å². The van der Waals surface area contributed by atoms with E-state index in [2.05, 4.69) is 10.0 Å². The van der Waals surface area contributed by atoms with Gasteiger partial charge in [0.1, 0.15) is 0 Å². The Bertz CT molecular complexity index is 1130. The van der Waals surface area contributed by atoms with Crippen LogP contribution >= 0.6 is 23.2 Å². The molecule has 8 heteroatoms. The lowest BCUT2D eigenvalue weighted by molar-refractivity contribution is 0.102. The second-order valence-electron chi connectivity index (χ2n) is 6.01. The topological polar surface area (TPSA) is 75.3 Å². The van der Waals surface area contributed by atoms with Crippen LogP contribution in [0.2, 0.25) is 10.0 Å². The molecule has 3 aromatic carbocycles. The minimum absolute atomic E-state index is 0.0707. The highest BCUT2D eigenvalue weighted by Gasteiger charge is 2.15. The molecule has 0 aliphatic carbocycles. The molecule has 3 rings (SSSR count). The molecule has 0 radical (unpaired) electrons. The van der Waals surface area contributed by atoms with Crippen LogP contribution in [0.3, 0.4) is 0 Å². The predicted molar refractivity (Wildman–Crippen MR) is 113 cm³/mol. The smallest absolute Gasteiger partial charge is 0.261 e. The molecular weight excluding hydrogens is 419 g/mol. The predicted octanol–water partition coefficient (Wildman–Crippen LogP) is 5.35.